The van der Waals surface area contributed by atoms with Crippen LogP contribution in [0.25, 0.3) is 0 Å². The van der Waals surface area contributed by atoms with Crippen molar-refractivity contribution in [1.29, 1.82) is 5.26 Å². The third-order valence-corrected chi connectivity index (χ3v) is 7.13. The number of benzene rings is 1. The van der Waals surface area contributed by atoms with Crippen molar-refractivity contribution >= 4 is 21.4 Å². The lowest BCUT2D eigenvalue weighted by atomic mass is 9.99. The predicted octanol–water partition coefficient (Wildman–Crippen LogP) is 4.35. The van der Waals surface area contributed by atoms with Gasteiger partial charge in [0.05, 0.1) is 23.5 Å². The van der Waals surface area contributed by atoms with E-state index in [0.29, 0.717) is 12.8 Å². The third-order valence-electron chi connectivity index (χ3n) is 6.02. The molecule has 15 heteroatoms. The number of hydrogen-bond donors (Lipinski definition) is 1. The van der Waals surface area contributed by atoms with Crippen LogP contribution in [0.5, 0.6) is 17.5 Å². The number of carbonyl (C=O) groups excluding carboxylic acids is 1. The van der Waals surface area contributed by atoms with E-state index in [9.17, 15) is 31.6 Å². The Kier molecular flexibility index (Phi) is 6.94. The number of pyridine rings is 1. The number of nitrogens with zero attached hydrogens (tertiary/aromatic N) is 4. The fourth-order valence-corrected chi connectivity index (χ4v) is 4.47. The second-order valence-electron chi connectivity index (χ2n) is 8.73. The van der Waals surface area contributed by atoms with E-state index in [4.69, 9.17) is 9.47 Å². The second-order valence-corrected chi connectivity index (χ2v) is 10.7. The van der Waals surface area contributed by atoms with Gasteiger partial charge in [-0.25, -0.2) is 17.8 Å². The number of carbonyl (C=O) groups is 1. The van der Waals surface area contributed by atoms with E-state index in [1.807, 2.05) is 6.07 Å². The quantitative estimate of drug-likeness (QED) is 0.414. The summed E-state index contributed by atoms with van der Waals surface area (Å²) in [6.45, 7) is 0.963. The molecule has 1 fully saturated rings. The molecule has 4 rings (SSSR count). The highest BCUT2D eigenvalue weighted by atomic mass is 32.2. The summed E-state index contributed by atoms with van der Waals surface area (Å²) in [4.78, 5) is 17.0. The predicted molar refractivity (Wildman–Crippen MR) is 127 cm³/mol. The highest BCUT2D eigenvalue weighted by Gasteiger charge is 2.48. The summed E-state index contributed by atoms with van der Waals surface area (Å²) >= 11 is 0. The van der Waals surface area contributed by atoms with Crippen molar-refractivity contribution in [3.8, 4) is 23.6 Å². The number of amides is 1. The molecule has 2 aromatic heterocycles. The van der Waals surface area contributed by atoms with Crippen LogP contribution in [-0.2, 0) is 21.4 Å². The zero-order chi connectivity index (χ0) is 28.8. The zero-order valence-electron chi connectivity index (χ0n) is 20.6. The summed E-state index contributed by atoms with van der Waals surface area (Å²) in [5, 5.41) is 18.3. The van der Waals surface area contributed by atoms with Gasteiger partial charge in [-0.2, -0.15) is 18.4 Å². The van der Waals surface area contributed by atoms with Crippen molar-refractivity contribution in [3.63, 3.8) is 0 Å². The number of alkyl halides is 3. The zero-order valence-corrected chi connectivity index (χ0v) is 21.4. The summed E-state index contributed by atoms with van der Waals surface area (Å²) in [5.74, 6) is -3.99. The SMILES string of the molecule is COc1c(Oc2nnc(C(F)(F)F)c(C)c2C(=O)Nc2cccc(S(C)(=O)=O)c2)ncc(C2(C#N)CC2)c1F. The highest BCUT2D eigenvalue weighted by Crippen LogP contribution is 2.50. The van der Waals surface area contributed by atoms with Gasteiger partial charge >= 0.3 is 6.18 Å². The topological polar surface area (TPSA) is 144 Å². The van der Waals surface area contributed by atoms with Crippen molar-refractivity contribution in [2.45, 2.75) is 36.3 Å². The molecule has 0 spiro atoms. The molecule has 0 unspecified atom stereocenters. The van der Waals surface area contributed by atoms with Crippen molar-refractivity contribution in [1.82, 2.24) is 15.2 Å². The molecule has 0 radical (unpaired) electrons. The molecule has 1 aliphatic carbocycles. The number of nitriles is 1. The molecule has 39 heavy (non-hydrogen) atoms. The molecule has 0 aliphatic heterocycles. The maximum absolute atomic E-state index is 15.2. The molecule has 1 N–H and O–H groups in total. The van der Waals surface area contributed by atoms with E-state index in [2.05, 4.69) is 20.5 Å². The average molecular weight is 566 g/mol. The van der Waals surface area contributed by atoms with Crippen molar-refractivity contribution in [2.24, 2.45) is 0 Å². The largest absolute Gasteiger partial charge is 0.489 e. The number of halogens is 4. The Bertz CT molecular complexity index is 1630. The molecule has 10 nitrogen and oxygen atoms in total. The second kappa shape index (κ2) is 9.77. The first-order valence-electron chi connectivity index (χ1n) is 11.1. The lowest BCUT2D eigenvalue weighted by Gasteiger charge is -2.17. The maximum atomic E-state index is 15.2. The molecular weight excluding hydrogens is 546 g/mol. The fourth-order valence-electron chi connectivity index (χ4n) is 3.80. The number of ether oxygens (including phenoxy) is 2. The Morgan fingerprint density at radius 3 is 2.46 bits per heavy atom. The standard InChI is InChI=1S/C24H19F4N5O5S/c1-12-16(20(34)31-13-5-4-6-14(9-13)39(3,35)36)21(33-32-19(12)24(26,27)28)38-22-18(37-2)17(25)15(10-30-22)23(11-29)7-8-23/h4-6,9-10H,7-8H2,1-3H3,(H,31,34). The van der Waals surface area contributed by atoms with Crippen LogP contribution in [0.1, 0.15) is 40.0 Å². The summed E-state index contributed by atoms with van der Waals surface area (Å²) in [6.07, 6.45) is -2.19. The Morgan fingerprint density at radius 2 is 1.90 bits per heavy atom. The average Bonchev–Trinajstić information content (AvgIpc) is 3.64. The number of nitrogens with one attached hydrogen (secondary N) is 1. The van der Waals surface area contributed by atoms with Gasteiger partial charge in [-0.05, 0) is 43.5 Å². The van der Waals surface area contributed by atoms with E-state index in [1.165, 1.54) is 18.2 Å². The van der Waals surface area contributed by atoms with Gasteiger partial charge in [-0.15, -0.1) is 10.2 Å². The van der Waals surface area contributed by atoms with Crippen LogP contribution in [0.2, 0.25) is 0 Å². The van der Waals surface area contributed by atoms with E-state index >= 15 is 4.39 Å². The minimum Gasteiger partial charge on any atom is -0.489 e. The van der Waals surface area contributed by atoms with Crippen LogP contribution >= 0.6 is 0 Å². The van der Waals surface area contributed by atoms with Crippen molar-refractivity contribution in [2.75, 3.05) is 18.7 Å². The molecular formula is C24H19F4N5O5S. The Labute approximate surface area is 219 Å². The number of methoxy groups -OCH3 is 1. The van der Waals surface area contributed by atoms with Crippen LogP contribution in [0.3, 0.4) is 0 Å². The monoisotopic (exact) mass is 565 g/mol. The minimum absolute atomic E-state index is 0.0346. The van der Waals surface area contributed by atoms with Gasteiger partial charge in [0.2, 0.25) is 5.75 Å². The fraction of sp³-hybridized carbons (Fsp3) is 0.292. The van der Waals surface area contributed by atoms with Crippen molar-refractivity contribution < 1.29 is 40.2 Å². The van der Waals surface area contributed by atoms with Gasteiger partial charge in [0, 0.05) is 23.7 Å². The summed E-state index contributed by atoms with van der Waals surface area (Å²) in [7, 11) is -2.57. The molecule has 1 amide bonds. The minimum atomic E-state index is -4.99. The summed E-state index contributed by atoms with van der Waals surface area (Å²) < 4.78 is 90.2. The van der Waals surface area contributed by atoms with E-state index < -0.39 is 67.5 Å². The van der Waals surface area contributed by atoms with Gasteiger partial charge in [0.25, 0.3) is 17.7 Å². The number of anilines is 1. The molecule has 2 heterocycles. The van der Waals surface area contributed by atoms with Gasteiger partial charge in [-0.3, -0.25) is 4.79 Å². The first-order valence-corrected chi connectivity index (χ1v) is 13.0. The van der Waals surface area contributed by atoms with Crippen LogP contribution in [0, 0.1) is 24.1 Å². The number of sulfone groups is 1. The molecule has 1 aromatic carbocycles. The van der Waals surface area contributed by atoms with Crippen LogP contribution < -0.4 is 14.8 Å². The lowest BCUT2D eigenvalue weighted by Crippen LogP contribution is -2.21. The number of rotatable bonds is 7. The molecule has 1 saturated carbocycles. The Morgan fingerprint density at radius 1 is 1.21 bits per heavy atom. The molecule has 204 valence electrons. The van der Waals surface area contributed by atoms with E-state index in [1.54, 1.807) is 0 Å². The number of aromatic nitrogens is 3. The highest BCUT2D eigenvalue weighted by molar-refractivity contribution is 7.90. The Balaban J connectivity index is 1.79. The summed E-state index contributed by atoms with van der Waals surface area (Å²) in [5.41, 5.74) is -4.01. The van der Waals surface area contributed by atoms with Crippen LogP contribution in [-0.4, -0.2) is 42.9 Å². The first-order chi connectivity index (χ1) is 18.2. The van der Waals surface area contributed by atoms with Gasteiger partial charge in [-0.1, -0.05) is 6.07 Å². The molecule has 3 aromatic rings. The first kappa shape index (κ1) is 27.7. The maximum Gasteiger partial charge on any atom is 0.435 e. The molecule has 0 bridgehead atoms. The third kappa shape index (κ3) is 5.32. The number of hydrogen-bond acceptors (Lipinski definition) is 9. The molecule has 0 atom stereocenters. The molecule has 0 saturated heterocycles. The van der Waals surface area contributed by atoms with Gasteiger partial charge in [0.1, 0.15) is 5.56 Å². The lowest BCUT2D eigenvalue weighted by molar-refractivity contribution is -0.142. The molecule has 1 aliphatic rings. The van der Waals surface area contributed by atoms with Gasteiger partial charge in [0.15, 0.2) is 21.3 Å². The van der Waals surface area contributed by atoms with Crippen molar-refractivity contribution in [3.05, 3.63) is 58.7 Å². The van der Waals surface area contributed by atoms with Gasteiger partial charge < -0.3 is 14.8 Å². The summed E-state index contributed by atoms with van der Waals surface area (Å²) in [6, 6.07) is 7.06. The normalized spacial score (nSPS) is 14.3. The smallest absolute Gasteiger partial charge is 0.435 e. The Hall–Kier alpha value is -4.32. The van der Waals surface area contributed by atoms with E-state index in [-0.39, 0.29) is 16.1 Å². The van der Waals surface area contributed by atoms with E-state index in [0.717, 1.165) is 32.6 Å². The van der Waals surface area contributed by atoms with Crippen LogP contribution in [0.15, 0.2) is 35.4 Å². The van der Waals surface area contributed by atoms with Crippen LogP contribution in [0.4, 0.5) is 23.2 Å².